The van der Waals surface area contributed by atoms with Gasteiger partial charge in [-0.05, 0) is 31.2 Å². The fourth-order valence-corrected chi connectivity index (χ4v) is 1.92. The summed E-state index contributed by atoms with van der Waals surface area (Å²) in [4.78, 5) is 23.1. The van der Waals surface area contributed by atoms with Crippen LogP contribution in [0.1, 0.15) is 23.7 Å². The van der Waals surface area contributed by atoms with Crippen LogP contribution < -0.4 is 10.6 Å². The van der Waals surface area contributed by atoms with Crippen LogP contribution in [-0.2, 0) is 4.79 Å². The predicted molar refractivity (Wildman–Crippen MR) is 84.6 cm³/mol. The second-order valence-electron chi connectivity index (χ2n) is 4.73. The predicted octanol–water partition coefficient (Wildman–Crippen LogP) is 3.33. The molecule has 108 valence electrons. The maximum Gasteiger partial charge on any atom is 0.226 e. The van der Waals surface area contributed by atoms with Crippen LogP contribution in [0.5, 0.6) is 0 Å². The second kappa shape index (κ2) is 7.24. The summed E-state index contributed by atoms with van der Waals surface area (Å²) in [6.45, 7) is 2.06. The molecular formula is C17H18N2O2. The van der Waals surface area contributed by atoms with E-state index in [1.807, 2.05) is 30.3 Å². The van der Waals surface area contributed by atoms with E-state index < -0.39 is 0 Å². The highest BCUT2D eigenvalue weighted by molar-refractivity contribution is 5.97. The molecule has 21 heavy (non-hydrogen) atoms. The lowest BCUT2D eigenvalue weighted by Crippen LogP contribution is -2.16. The number of nitrogens with one attached hydrogen (secondary N) is 2. The Hall–Kier alpha value is -2.62. The molecule has 0 aliphatic rings. The molecule has 0 aliphatic carbocycles. The third kappa shape index (κ3) is 4.76. The number of Topliss-reactive ketones (excluding diaryl/α,β-unsaturated/α-hetero) is 1. The van der Waals surface area contributed by atoms with Gasteiger partial charge in [-0.2, -0.15) is 0 Å². The SMILES string of the molecule is CC(=O)c1cccc(NC(=O)CCNc2ccccc2)c1. The van der Waals surface area contributed by atoms with E-state index >= 15 is 0 Å². The zero-order valence-corrected chi connectivity index (χ0v) is 11.9. The molecule has 2 aromatic rings. The molecule has 4 heteroatoms. The molecule has 2 rings (SSSR count). The van der Waals surface area contributed by atoms with E-state index in [4.69, 9.17) is 0 Å². The van der Waals surface area contributed by atoms with Gasteiger partial charge in [0.2, 0.25) is 5.91 Å². The van der Waals surface area contributed by atoms with Gasteiger partial charge in [-0.25, -0.2) is 0 Å². The number of hydrogen-bond donors (Lipinski definition) is 2. The monoisotopic (exact) mass is 282 g/mol. The number of ketones is 1. The Labute approximate surface area is 124 Å². The van der Waals surface area contributed by atoms with Crippen LogP contribution in [0.15, 0.2) is 54.6 Å². The van der Waals surface area contributed by atoms with Gasteiger partial charge in [0, 0.05) is 29.9 Å². The summed E-state index contributed by atoms with van der Waals surface area (Å²) >= 11 is 0. The second-order valence-corrected chi connectivity index (χ2v) is 4.73. The van der Waals surface area contributed by atoms with E-state index in [9.17, 15) is 9.59 Å². The Kier molecular flexibility index (Phi) is 5.10. The maximum atomic E-state index is 11.8. The highest BCUT2D eigenvalue weighted by Gasteiger charge is 2.04. The molecular weight excluding hydrogens is 264 g/mol. The number of hydrogen-bond acceptors (Lipinski definition) is 3. The number of para-hydroxylation sites is 1. The molecule has 0 fully saturated rings. The summed E-state index contributed by atoms with van der Waals surface area (Å²) in [6, 6.07) is 16.7. The van der Waals surface area contributed by atoms with Gasteiger partial charge < -0.3 is 10.6 Å². The van der Waals surface area contributed by atoms with Gasteiger partial charge in [0.15, 0.2) is 5.78 Å². The van der Waals surface area contributed by atoms with Gasteiger partial charge in [0.05, 0.1) is 0 Å². The van der Waals surface area contributed by atoms with Crippen LogP contribution in [-0.4, -0.2) is 18.2 Å². The van der Waals surface area contributed by atoms with Crippen molar-refractivity contribution in [1.29, 1.82) is 0 Å². The van der Waals surface area contributed by atoms with Gasteiger partial charge in [-0.3, -0.25) is 9.59 Å². The minimum atomic E-state index is -0.0841. The molecule has 0 saturated heterocycles. The molecule has 4 nitrogen and oxygen atoms in total. The van der Waals surface area contributed by atoms with Gasteiger partial charge in [-0.15, -0.1) is 0 Å². The Morgan fingerprint density at radius 2 is 1.67 bits per heavy atom. The molecule has 0 atom stereocenters. The van der Waals surface area contributed by atoms with E-state index in [2.05, 4.69) is 10.6 Å². The quantitative estimate of drug-likeness (QED) is 0.799. The molecule has 2 N–H and O–H groups in total. The summed E-state index contributed by atoms with van der Waals surface area (Å²) in [5.74, 6) is -0.101. The summed E-state index contributed by atoms with van der Waals surface area (Å²) in [5.41, 5.74) is 2.23. The molecule has 0 saturated carbocycles. The minimum absolute atomic E-state index is 0.0168. The third-order valence-corrected chi connectivity index (χ3v) is 3.01. The molecule has 0 aromatic heterocycles. The molecule has 0 spiro atoms. The first kappa shape index (κ1) is 14.8. The van der Waals surface area contributed by atoms with Crippen LogP contribution in [0.4, 0.5) is 11.4 Å². The maximum absolute atomic E-state index is 11.8. The Balaban J connectivity index is 1.82. The fourth-order valence-electron chi connectivity index (χ4n) is 1.92. The van der Waals surface area contributed by atoms with Crippen molar-refractivity contribution in [1.82, 2.24) is 0 Å². The van der Waals surface area contributed by atoms with Crippen LogP contribution in [0.3, 0.4) is 0 Å². The Morgan fingerprint density at radius 3 is 2.38 bits per heavy atom. The average Bonchev–Trinajstić information content (AvgIpc) is 2.48. The zero-order valence-electron chi connectivity index (χ0n) is 11.9. The van der Waals surface area contributed by atoms with Crippen molar-refractivity contribution in [2.45, 2.75) is 13.3 Å². The van der Waals surface area contributed by atoms with Crippen molar-refractivity contribution < 1.29 is 9.59 Å². The molecule has 1 amide bonds. The first-order valence-corrected chi connectivity index (χ1v) is 6.85. The lowest BCUT2D eigenvalue weighted by atomic mass is 10.1. The van der Waals surface area contributed by atoms with E-state index in [0.717, 1.165) is 5.69 Å². The highest BCUT2D eigenvalue weighted by atomic mass is 16.1. The molecule has 0 heterocycles. The lowest BCUT2D eigenvalue weighted by Gasteiger charge is -2.08. The number of anilines is 2. The Bertz CT molecular complexity index is 624. The number of amides is 1. The fraction of sp³-hybridized carbons (Fsp3) is 0.176. The molecule has 2 aromatic carbocycles. The number of benzene rings is 2. The van der Waals surface area contributed by atoms with Crippen molar-refractivity contribution in [3.8, 4) is 0 Å². The summed E-state index contributed by atoms with van der Waals surface area (Å²) in [7, 11) is 0. The van der Waals surface area contributed by atoms with Crippen molar-refractivity contribution >= 4 is 23.1 Å². The van der Waals surface area contributed by atoms with E-state index in [0.29, 0.717) is 24.2 Å². The molecule has 0 bridgehead atoms. The smallest absolute Gasteiger partial charge is 0.226 e. The van der Waals surface area contributed by atoms with E-state index in [1.165, 1.54) is 6.92 Å². The summed E-state index contributed by atoms with van der Waals surface area (Å²) < 4.78 is 0. The minimum Gasteiger partial charge on any atom is -0.385 e. The largest absolute Gasteiger partial charge is 0.385 e. The standard InChI is InChI=1S/C17H18N2O2/c1-13(20)14-6-5-9-16(12-14)19-17(21)10-11-18-15-7-3-2-4-8-15/h2-9,12,18H,10-11H2,1H3,(H,19,21). The van der Waals surface area contributed by atoms with Crippen molar-refractivity contribution in [2.24, 2.45) is 0 Å². The van der Waals surface area contributed by atoms with Gasteiger partial charge in [-0.1, -0.05) is 30.3 Å². The van der Waals surface area contributed by atoms with Gasteiger partial charge in [0.25, 0.3) is 0 Å². The topological polar surface area (TPSA) is 58.2 Å². The first-order valence-electron chi connectivity index (χ1n) is 6.85. The highest BCUT2D eigenvalue weighted by Crippen LogP contribution is 2.11. The number of carbonyl (C=O) groups is 2. The Morgan fingerprint density at radius 1 is 0.952 bits per heavy atom. The molecule has 0 aliphatic heterocycles. The summed E-state index contributed by atoms with van der Waals surface area (Å²) in [5, 5.41) is 5.97. The van der Waals surface area contributed by atoms with Crippen molar-refractivity contribution in [2.75, 3.05) is 17.2 Å². The van der Waals surface area contributed by atoms with Gasteiger partial charge >= 0.3 is 0 Å². The number of rotatable bonds is 6. The van der Waals surface area contributed by atoms with E-state index in [-0.39, 0.29) is 11.7 Å². The summed E-state index contributed by atoms with van der Waals surface area (Å²) in [6.07, 6.45) is 0.360. The normalized spacial score (nSPS) is 9.95. The van der Waals surface area contributed by atoms with E-state index in [1.54, 1.807) is 24.3 Å². The zero-order chi connectivity index (χ0) is 15.1. The first-order chi connectivity index (χ1) is 10.1. The van der Waals surface area contributed by atoms with Crippen LogP contribution in [0.25, 0.3) is 0 Å². The van der Waals surface area contributed by atoms with Crippen LogP contribution in [0, 0.1) is 0 Å². The van der Waals surface area contributed by atoms with Gasteiger partial charge in [0.1, 0.15) is 0 Å². The van der Waals surface area contributed by atoms with Crippen LogP contribution in [0.2, 0.25) is 0 Å². The third-order valence-electron chi connectivity index (χ3n) is 3.01. The number of carbonyl (C=O) groups excluding carboxylic acids is 2. The van der Waals surface area contributed by atoms with Crippen molar-refractivity contribution in [3.63, 3.8) is 0 Å². The lowest BCUT2D eigenvalue weighted by molar-refractivity contribution is -0.115. The molecule has 0 unspecified atom stereocenters. The van der Waals surface area contributed by atoms with Crippen LogP contribution >= 0.6 is 0 Å². The molecule has 0 radical (unpaired) electrons. The average molecular weight is 282 g/mol. The van der Waals surface area contributed by atoms with Crippen molar-refractivity contribution in [3.05, 3.63) is 60.2 Å².